The Morgan fingerprint density at radius 1 is 1.04 bits per heavy atom. The third-order valence-electron chi connectivity index (χ3n) is 4.24. The van der Waals surface area contributed by atoms with Crippen LogP contribution in [0.5, 0.6) is 0 Å². The highest BCUT2D eigenvalue weighted by Crippen LogP contribution is 2.16. The number of aliphatic hydroxyl groups excluding tert-OH is 1. The number of anilines is 2. The zero-order valence-electron chi connectivity index (χ0n) is 15.4. The molecule has 1 heterocycles. The number of carbonyl (C=O) groups excluding carboxylic acids is 1. The fourth-order valence-corrected chi connectivity index (χ4v) is 2.67. The van der Waals surface area contributed by atoms with Crippen LogP contribution in [0.1, 0.15) is 33.2 Å². The van der Waals surface area contributed by atoms with Crippen molar-refractivity contribution < 1.29 is 9.90 Å². The van der Waals surface area contributed by atoms with Gasteiger partial charge in [-0.1, -0.05) is 47.5 Å². The van der Waals surface area contributed by atoms with E-state index in [4.69, 9.17) is 0 Å². The van der Waals surface area contributed by atoms with E-state index in [0.29, 0.717) is 17.9 Å². The Kier molecular flexibility index (Phi) is 5.84. The van der Waals surface area contributed by atoms with Crippen LogP contribution in [0.15, 0.2) is 66.9 Å². The Balaban J connectivity index is 1.56. The summed E-state index contributed by atoms with van der Waals surface area (Å²) in [5, 5.41) is 16.2. The number of aryl methyl sites for hydroxylation is 2. The van der Waals surface area contributed by atoms with Gasteiger partial charge in [0.2, 0.25) is 0 Å². The maximum absolute atomic E-state index is 12.3. The molecule has 5 heteroatoms. The molecule has 0 saturated heterocycles. The van der Waals surface area contributed by atoms with Crippen LogP contribution in [0.4, 0.5) is 11.5 Å². The Bertz CT molecular complexity index is 906. The number of benzene rings is 2. The van der Waals surface area contributed by atoms with E-state index in [-0.39, 0.29) is 5.91 Å². The van der Waals surface area contributed by atoms with E-state index in [0.717, 1.165) is 22.4 Å². The van der Waals surface area contributed by atoms with Gasteiger partial charge in [0.25, 0.3) is 5.91 Å². The Morgan fingerprint density at radius 3 is 2.48 bits per heavy atom. The van der Waals surface area contributed by atoms with Crippen molar-refractivity contribution in [3.05, 3.63) is 89.1 Å². The minimum absolute atomic E-state index is 0.210. The van der Waals surface area contributed by atoms with Gasteiger partial charge < -0.3 is 15.7 Å². The van der Waals surface area contributed by atoms with Crippen LogP contribution in [-0.4, -0.2) is 22.5 Å². The number of hydrogen-bond donors (Lipinski definition) is 3. The second kappa shape index (κ2) is 8.47. The van der Waals surface area contributed by atoms with Gasteiger partial charge in [-0.25, -0.2) is 4.98 Å². The first-order valence-corrected chi connectivity index (χ1v) is 8.84. The molecule has 1 amide bonds. The van der Waals surface area contributed by atoms with Gasteiger partial charge in [-0.2, -0.15) is 0 Å². The molecule has 3 N–H and O–H groups in total. The molecule has 0 aliphatic rings. The first-order chi connectivity index (χ1) is 13.0. The Morgan fingerprint density at radius 2 is 1.81 bits per heavy atom. The van der Waals surface area contributed by atoms with Gasteiger partial charge in [-0.3, -0.25) is 4.79 Å². The molecule has 0 aliphatic carbocycles. The molecule has 0 bridgehead atoms. The predicted molar refractivity (Wildman–Crippen MR) is 108 cm³/mol. The first-order valence-electron chi connectivity index (χ1n) is 8.84. The summed E-state index contributed by atoms with van der Waals surface area (Å²) in [6.07, 6.45) is 0.890. The van der Waals surface area contributed by atoms with Crippen molar-refractivity contribution in [1.29, 1.82) is 0 Å². The predicted octanol–water partition coefficient (Wildman–Crippen LogP) is 4.10. The quantitative estimate of drug-likeness (QED) is 0.618. The second-order valence-electron chi connectivity index (χ2n) is 6.56. The Labute approximate surface area is 159 Å². The van der Waals surface area contributed by atoms with Gasteiger partial charge in [0.15, 0.2) is 0 Å². The van der Waals surface area contributed by atoms with Crippen molar-refractivity contribution >= 4 is 17.4 Å². The zero-order chi connectivity index (χ0) is 19.2. The SMILES string of the molecule is Cc1ccc(NC(=O)c2ccc(NCC(O)c3cccc(C)c3)nc2)cc1. The number of amides is 1. The standard InChI is InChI=1S/C22H23N3O2/c1-15-6-9-19(10-7-15)25-22(27)18-8-11-21(23-13-18)24-14-20(26)17-5-3-4-16(2)12-17/h3-13,20,26H,14H2,1-2H3,(H,23,24)(H,25,27). The fraction of sp³-hybridized carbons (Fsp3) is 0.182. The highest BCUT2D eigenvalue weighted by molar-refractivity contribution is 6.04. The highest BCUT2D eigenvalue weighted by atomic mass is 16.3. The van der Waals surface area contributed by atoms with E-state index in [2.05, 4.69) is 15.6 Å². The van der Waals surface area contributed by atoms with Gasteiger partial charge in [0, 0.05) is 18.4 Å². The average molecular weight is 361 g/mol. The van der Waals surface area contributed by atoms with Crippen molar-refractivity contribution in [1.82, 2.24) is 4.98 Å². The lowest BCUT2D eigenvalue weighted by Crippen LogP contribution is -2.14. The van der Waals surface area contributed by atoms with Gasteiger partial charge in [0.1, 0.15) is 5.82 Å². The van der Waals surface area contributed by atoms with Crippen LogP contribution < -0.4 is 10.6 Å². The molecule has 2 aromatic carbocycles. The zero-order valence-corrected chi connectivity index (χ0v) is 15.4. The fourth-order valence-electron chi connectivity index (χ4n) is 2.67. The molecular formula is C22H23N3O2. The minimum Gasteiger partial charge on any atom is -0.387 e. The van der Waals surface area contributed by atoms with E-state index in [9.17, 15) is 9.90 Å². The molecule has 0 saturated carbocycles. The minimum atomic E-state index is -0.629. The number of aromatic nitrogens is 1. The molecular weight excluding hydrogens is 338 g/mol. The summed E-state index contributed by atoms with van der Waals surface area (Å²) in [6.45, 7) is 4.33. The molecule has 0 spiro atoms. The van der Waals surface area contributed by atoms with Gasteiger partial charge >= 0.3 is 0 Å². The molecule has 1 unspecified atom stereocenters. The lowest BCUT2D eigenvalue weighted by Gasteiger charge is -2.13. The van der Waals surface area contributed by atoms with E-state index >= 15 is 0 Å². The Hall–Kier alpha value is -3.18. The van der Waals surface area contributed by atoms with Crippen LogP contribution >= 0.6 is 0 Å². The van der Waals surface area contributed by atoms with E-state index in [1.54, 1.807) is 12.1 Å². The van der Waals surface area contributed by atoms with E-state index in [1.807, 2.05) is 62.4 Å². The third-order valence-corrected chi connectivity index (χ3v) is 4.24. The molecule has 0 fully saturated rings. The van der Waals surface area contributed by atoms with Crippen molar-refractivity contribution in [2.45, 2.75) is 20.0 Å². The van der Waals surface area contributed by atoms with Crippen molar-refractivity contribution in [3.8, 4) is 0 Å². The number of rotatable bonds is 6. The van der Waals surface area contributed by atoms with Gasteiger partial charge in [-0.15, -0.1) is 0 Å². The third kappa shape index (κ3) is 5.15. The number of aliphatic hydroxyl groups is 1. The van der Waals surface area contributed by atoms with Crippen LogP contribution in [0.2, 0.25) is 0 Å². The summed E-state index contributed by atoms with van der Waals surface area (Å²) < 4.78 is 0. The largest absolute Gasteiger partial charge is 0.387 e. The first kappa shape index (κ1) is 18.6. The van der Waals surface area contributed by atoms with Crippen LogP contribution in [0.25, 0.3) is 0 Å². The van der Waals surface area contributed by atoms with Crippen molar-refractivity contribution in [2.75, 3.05) is 17.2 Å². The number of pyridine rings is 1. The van der Waals surface area contributed by atoms with E-state index in [1.165, 1.54) is 6.20 Å². The van der Waals surface area contributed by atoms with E-state index < -0.39 is 6.10 Å². The average Bonchev–Trinajstić information content (AvgIpc) is 2.68. The lowest BCUT2D eigenvalue weighted by atomic mass is 10.1. The highest BCUT2D eigenvalue weighted by Gasteiger charge is 2.09. The molecule has 3 aromatic rings. The summed E-state index contributed by atoms with van der Waals surface area (Å²) in [5.74, 6) is 0.395. The molecule has 1 aromatic heterocycles. The summed E-state index contributed by atoms with van der Waals surface area (Å²) in [6, 6.07) is 18.8. The number of carbonyl (C=O) groups is 1. The molecule has 1 atom stereocenters. The van der Waals surface area contributed by atoms with Gasteiger partial charge in [-0.05, 0) is 43.7 Å². The summed E-state index contributed by atoms with van der Waals surface area (Å²) in [5.41, 5.74) is 4.32. The topological polar surface area (TPSA) is 74.2 Å². The second-order valence-corrected chi connectivity index (χ2v) is 6.56. The smallest absolute Gasteiger partial charge is 0.257 e. The monoisotopic (exact) mass is 361 g/mol. The number of hydrogen-bond acceptors (Lipinski definition) is 4. The van der Waals surface area contributed by atoms with Crippen molar-refractivity contribution in [2.24, 2.45) is 0 Å². The summed E-state index contributed by atoms with van der Waals surface area (Å²) in [7, 11) is 0. The lowest BCUT2D eigenvalue weighted by molar-refractivity contribution is 0.102. The molecule has 27 heavy (non-hydrogen) atoms. The normalized spacial score (nSPS) is 11.7. The maximum atomic E-state index is 12.3. The van der Waals surface area contributed by atoms with Gasteiger partial charge in [0.05, 0.1) is 11.7 Å². The summed E-state index contributed by atoms with van der Waals surface area (Å²) >= 11 is 0. The molecule has 0 radical (unpaired) electrons. The van der Waals surface area contributed by atoms with Crippen LogP contribution in [0, 0.1) is 13.8 Å². The van der Waals surface area contributed by atoms with Crippen LogP contribution in [0.3, 0.4) is 0 Å². The number of nitrogens with one attached hydrogen (secondary N) is 2. The van der Waals surface area contributed by atoms with Crippen LogP contribution in [-0.2, 0) is 0 Å². The summed E-state index contributed by atoms with van der Waals surface area (Å²) in [4.78, 5) is 16.5. The molecule has 0 aliphatic heterocycles. The molecule has 5 nitrogen and oxygen atoms in total. The molecule has 3 rings (SSSR count). The van der Waals surface area contributed by atoms with Crippen molar-refractivity contribution in [3.63, 3.8) is 0 Å². The maximum Gasteiger partial charge on any atom is 0.257 e. The number of nitrogens with zero attached hydrogens (tertiary/aromatic N) is 1. The molecule has 138 valence electrons.